The Labute approximate surface area is 192 Å². The maximum absolute atomic E-state index is 12.9. The lowest BCUT2D eigenvalue weighted by Crippen LogP contribution is -2.23. The van der Waals surface area contributed by atoms with Crippen LogP contribution in [0.5, 0.6) is 11.5 Å². The summed E-state index contributed by atoms with van der Waals surface area (Å²) in [5.41, 5.74) is 4.52. The molecule has 7 heteroatoms. The van der Waals surface area contributed by atoms with Gasteiger partial charge in [0.15, 0.2) is 11.5 Å². The van der Waals surface area contributed by atoms with Crippen molar-refractivity contribution in [1.82, 2.24) is 9.55 Å². The molecule has 1 amide bonds. The fraction of sp³-hybridized carbons (Fsp3) is 0.231. The molecule has 1 aromatic heterocycles. The van der Waals surface area contributed by atoms with Crippen LogP contribution >= 0.6 is 0 Å². The molecule has 0 spiro atoms. The van der Waals surface area contributed by atoms with Gasteiger partial charge in [-0.05, 0) is 55.0 Å². The second kappa shape index (κ2) is 8.86. The van der Waals surface area contributed by atoms with Gasteiger partial charge in [0.25, 0.3) is 5.91 Å². The number of ether oxygens (including phenoxy) is 2. The topological polar surface area (TPSA) is 68.6 Å². The van der Waals surface area contributed by atoms with E-state index in [9.17, 15) is 4.79 Å². The zero-order valence-electron chi connectivity index (χ0n) is 18.7. The molecule has 33 heavy (non-hydrogen) atoms. The largest absolute Gasteiger partial charge is 0.493 e. The molecule has 5 rings (SSSR count). The number of nitrogens with zero attached hydrogens (tertiary/aromatic N) is 3. The van der Waals surface area contributed by atoms with Crippen molar-refractivity contribution < 1.29 is 14.3 Å². The van der Waals surface area contributed by atoms with Gasteiger partial charge >= 0.3 is 0 Å². The summed E-state index contributed by atoms with van der Waals surface area (Å²) in [7, 11) is 3.12. The molecule has 0 saturated heterocycles. The van der Waals surface area contributed by atoms with E-state index < -0.39 is 0 Å². The zero-order chi connectivity index (χ0) is 22.8. The number of para-hydroxylation sites is 2. The number of carbonyl (C=O) groups is 1. The summed E-state index contributed by atoms with van der Waals surface area (Å²) < 4.78 is 12.9. The third-order valence-corrected chi connectivity index (χ3v) is 5.99. The van der Waals surface area contributed by atoms with E-state index >= 15 is 0 Å². The van der Waals surface area contributed by atoms with Crippen LogP contribution in [0.4, 0.5) is 11.4 Å². The van der Waals surface area contributed by atoms with Crippen LogP contribution in [-0.2, 0) is 13.1 Å². The Morgan fingerprint density at radius 1 is 0.939 bits per heavy atom. The van der Waals surface area contributed by atoms with E-state index in [0.717, 1.165) is 48.8 Å². The van der Waals surface area contributed by atoms with Crippen LogP contribution in [0, 0.1) is 0 Å². The predicted octanol–water partition coefficient (Wildman–Crippen LogP) is 4.72. The lowest BCUT2D eigenvalue weighted by Gasteiger charge is -2.22. The monoisotopic (exact) mass is 442 g/mol. The normalized spacial score (nSPS) is 13.3. The van der Waals surface area contributed by atoms with Crippen LogP contribution in [-0.4, -0.2) is 36.2 Å². The first-order valence-electron chi connectivity index (χ1n) is 11.0. The Morgan fingerprint density at radius 2 is 1.79 bits per heavy atom. The molecule has 0 fully saturated rings. The molecule has 0 bridgehead atoms. The number of aromatic nitrogens is 2. The minimum absolute atomic E-state index is 0.203. The summed E-state index contributed by atoms with van der Waals surface area (Å²) in [5, 5.41) is 3.00. The standard InChI is InChI=1S/C26H26N4O3/c1-32-23-12-11-18(15-24(23)33-2)26(31)27-19-7-5-8-20(16-19)29-13-6-14-30-22-10-4-3-9-21(22)28-25(30)17-29/h3-5,7-12,15-16H,6,13-14,17H2,1-2H3,(H,27,31). The van der Waals surface area contributed by atoms with Crippen LogP contribution in [0.25, 0.3) is 11.0 Å². The lowest BCUT2D eigenvalue weighted by molar-refractivity contribution is 0.102. The van der Waals surface area contributed by atoms with Crippen LogP contribution in [0.1, 0.15) is 22.6 Å². The van der Waals surface area contributed by atoms with Crippen molar-refractivity contribution in [3.8, 4) is 11.5 Å². The summed E-state index contributed by atoms with van der Waals surface area (Å²) in [5.74, 6) is 1.97. The number of aryl methyl sites for hydroxylation is 1. The van der Waals surface area contributed by atoms with Gasteiger partial charge in [0, 0.05) is 30.0 Å². The highest BCUT2D eigenvalue weighted by Crippen LogP contribution is 2.29. The van der Waals surface area contributed by atoms with Crippen molar-refractivity contribution in [3.05, 3.63) is 78.1 Å². The van der Waals surface area contributed by atoms with E-state index in [1.165, 1.54) is 5.52 Å². The fourth-order valence-electron chi connectivity index (χ4n) is 4.35. The van der Waals surface area contributed by atoms with Gasteiger partial charge in [-0.2, -0.15) is 0 Å². The minimum Gasteiger partial charge on any atom is -0.493 e. The number of imidazole rings is 1. The third-order valence-electron chi connectivity index (χ3n) is 5.99. The zero-order valence-corrected chi connectivity index (χ0v) is 18.7. The first kappa shape index (κ1) is 20.9. The van der Waals surface area contributed by atoms with Gasteiger partial charge in [-0.3, -0.25) is 4.79 Å². The van der Waals surface area contributed by atoms with Gasteiger partial charge in [0.05, 0.1) is 31.8 Å². The first-order chi connectivity index (χ1) is 16.2. The van der Waals surface area contributed by atoms with Gasteiger partial charge in [0.1, 0.15) is 5.82 Å². The summed E-state index contributed by atoms with van der Waals surface area (Å²) in [6.07, 6.45) is 1.02. The van der Waals surface area contributed by atoms with E-state index in [0.29, 0.717) is 17.1 Å². The molecule has 3 aromatic carbocycles. The van der Waals surface area contributed by atoms with Crippen LogP contribution in [0.3, 0.4) is 0 Å². The molecule has 0 atom stereocenters. The Morgan fingerprint density at radius 3 is 2.64 bits per heavy atom. The smallest absolute Gasteiger partial charge is 0.255 e. The molecular weight excluding hydrogens is 416 g/mol. The van der Waals surface area contributed by atoms with E-state index in [2.05, 4.69) is 39.0 Å². The molecule has 1 N–H and O–H groups in total. The molecule has 168 valence electrons. The number of anilines is 2. The predicted molar refractivity (Wildman–Crippen MR) is 129 cm³/mol. The van der Waals surface area contributed by atoms with Gasteiger partial charge < -0.3 is 24.3 Å². The van der Waals surface area contributed by atoms with Crippen molar-refractivity contribution in [1.29, 1.82) is 0 Å². The highest BCUT2D eigenvalue weighted by Gasteiger charge is 2.19. The fourth-order valence-corrected chi connectivity index (χ4v) is 4.35. The highest BCUT2D eigenvalue weighted by molar-refractivity contribution is 6.04. The van der Waals surface area contributed by atoms with Crippen LogP contribution in [0.15, 0.2) is 66.7 Å². The molecule has 1 aliphatic heterocycles. The Kier molecular flexibility index (Phi) is 5.60. The average molecular weight is 443 g/mol. The molecule has 0 aliphatic carbocycles. The Bertz CT molecular complexity index is 1310. The van der Waals surface area contributed by atoms with E-state index in [4.69, 9.17) is 14.5 Å². The molecule has 0 unspecified atom stereocenters. The van der Waals surface area contributed by atoms with Gasteiger partial charge in [-0.1, -0.05) is 18.2 Å². The van der Waals surface area contributed by atoms with Gasteiger partial charge in [-0.15, -0.1) is 0 Å². The molecule has 2 heterocycles. The van der Waals surface area contributed by atoms with Gasteiger partial charge in [-0.25, -0.2) is 4.98 Å². The summed E-state index contributed by atoms with van der Waals surface area (Å²) in [6, 6.07) is 21.4. The maximum atomic E-state index is 12.9. The van der Waals surface area contributed by atoms with Crippen molar-refractivity contribution in [3.63, 3.8) is 0 Å². The van der Waals surface area contributed by atoms with Crippen molar-refractivity contribution in [2.75, 3.05) is 31.0 Å². The number of fused-ring (bicyclic) bond motifs is 3. The number of nitrogens with one attached hydrogen (secondary N) is 1. The Balaban J connectivity index is 1.36. The van der Waals surface area contributed by atoms with Gasteiger partial charge in [0.2, 0.25) is 0 Å². The van der Waals surface area contributed by atoms with E-state index in [-0.39, 0.29) is 5.91 Å². The molecule has 1 aliphatic rings. The molecule has 7 nitrogen and oxygen atoms in total. The van der Waals surface area contributed by atoms with Crippen molar-refractivity contribution in [2.45, 2.75) is 19.5 Å². The summed E-state index contributed by atoms with van der Waals surface area (Å²) in [4.78, 5) is 20.0. The number of carbonyl (C=O) groups excluding carboxylic acids is 1. The summed E-state index contributed by atoms with van der Waals surface area (Å²) in [6.45, 7) is 2.59. The maximum Gasteiger partial charge on any atom is 0.255 e. The number of rotatable bonds is 5. The average Bonchev–Trinajstić information content (AvgIpc) is 3.06. The molecular formula is C26H26N4O3. The Hall–Kier alpha value is -4.00. The molecule has 0 radical (unpaired) electrons. The lowest BCUT2D eigenvalue weighted by atomic mass is 10.1. The summed E-state index contributed by atoms with van der Waals surface area (Å²) >= 11 is 0. The second-order valence-corrected chi connectivity index (χ2v) is 8.02. The SMILES string of the molecule is COc1ccc(C(=O)Nc2cccc(N3CCCn4c(nc5ccccc54)C3)c2)cc1OC. The van der Waals surface area contributed by atoms with Crippen LogP contribution in [0.2, 0.25) is 0 Å². The van der Waals surface area contributed by atoms with E-state index in [1.54, 1.807) is 32.4 Å². The first-order valence-corrected chi connectivity index (χ1v) is 11.0. The molecule has 0 saturated carbocycles. The second-order valence-electron chi connectivity index (χ2n) is 8.02. The number of methoxy groups -OCH3 is 2. The van der Waals surface area contributed by atoms with Crippen molar-refractivity contribution in [2.24, 2.45) is 0 Å². The third kappa shape index (κ3) is 4.09. The minimum atomic E-state index is -0.203. The number of amides is 1. The number of hydrogen-bond donors (Lipinski definition) is 1. The van der Waals surface area contributed by atoms with Crippen LogP contribution < -0.4 is 19.7 Å². The van der Waals surface area contributed by atoms with Crippen molar-refractivity contribution >= 4 is 28.3 Å². The number of benzene rings is 3. The quantitative estimate of drug-likeness (QED) is 0.485. The highest BCUT2D eigenvalue weighted by atomic mass is 16.5. The molecule has 4 aromatic rings. The van der Waals surface area contributed by atoms with E-state index in [1.807, 2.05) is 24.3 Å². The number of hydrogen-bond acceptors (Lipinski definition) is 5.